The van der Waals surface area contributed by atoms with Crippen molar-refractivity contribution < 1.29 is 13.9 Å². The van der Waals surface area contributed by atoms with E-state index < -0.39 is 0 Å². The number of hydrogen-bond acceptors (Lipinski definition) is 4. The van der Waals surface area contributed by atoms with Crippen LogP contribution < -0.4 is 4.74 Å². The molecule has 0 bridgehead atoms. The SMILES string of the molecule is COc1ccc(-c2ccc(CO[C@@H]3Cc4ccccc4[C@@H]3SC#N)cc2)cc1F. The molecule has 5 heteroatoms. The van der Waals surface area contributed by atoms with Crippen LogP contribution in [0.1, 0.15) is 21.9 Å². The van der Waals surface area contributed by atoms with Gasteiger partial charge < -0.3 is 9.47 Å². The number of methoxy groups -OCH3 is 1. The number of ether oxygens (including phenoxy) is 2. The molecule has 29 heavy (non-hydrogen) atoms. The van der Waals surface area contributed by atoms with Crippen molar-refractivity contribution in [1.29, 1.82) is 5.26 Å². The maximum atomic E-state index is 14.0. The summed E-state index contributed by atoms with van der Waals surface area (Å²) in [5.41, 5.74) is 5.22. The van der Waals surface area contributed by atoms with Gasteiger partial charge in [0.1, 0.15) is 5.40 Å². The van der Waals surface area contributed by atoms with E-state index in [9.17, 15) is 4.39 Å². The molecule has 4 rings (SSSR count). The molecule has 0 fully saturated rings. The lowest BCUT2D eigenvalue weighted by Crippen LogP contribution is -2.16. The molecule has 0 saturated heterocycles. The molecule has 1 aliphatic carbocycles. The molecule has 0 radical (unpaired) electrons. The van der Waals surface area contributed by atoms with Gasteiger partial charge in [-0.05, 0) is 51.7 Å². The molecule has 3 aromatic rings. The van der Waals surface area contributed by atoms with Gasteiger partial charge >= 0.3 is 0 Å². The van der Waals surface area contributed by atoms with Crippen LogP contribution in [0.3, 0.4) is 0 Å². The summed E-state index contributed by atoms with van der Waals surface area (Å²) in [5, 5.41) is 11.4. The van der Waals surface area contributed by atoms with Crippen LogP contribution in [0.4, 0.5) is 4.39 Å². The van der Waals surface area contributed by atoms with Gasteiger partial charge in [0.05, 0.1) is 25.1 Å². The summed E-state index contributed by atoms with van der Waals surface area (Å²) in [6.07, 6.45) is 0.797. The Kier molecular flexibility index (Phi) is 5.84. The third-order valence-electron chi connectivity index (χ3n) is 5.20. The summed E-state index contributed by atoms with van der Waals surface area (Å²) in [7, 11) is 1.45. The second kappa shape index (κ2) is 8.69. The molecule has 0 aliphatic heterocycles. The summed E-state index contributed by atoms with van der Waals surface area (Å²) in [4.78, 5) is 0. The maximum Gasteiger partial charge on any atom is 0.165 e. The highest BCUT2D eigenvalue weighted by Crippen LogP contribution is 2.42. The van der Waals surface area contributed by atoms with E-state index in [4.69, 9.17) is 14.7 Å². The van der Waals surface area contributed by atoms with E-state index in [0.717, 1.165) is 23.1 Å². The third kappa shape index (κ3) is 4.14. The van der Waals surface area contributed by atoms with Crippen LogP contribution in [0.25, 0.3) is 11.1 Å². The first-order chi connectivity index (χ1) is 14.2. The van der Waals surface area contributed by atoms with Crippen molar-refractivity contribution >= 4 is 11.8 Å². The molecule has 0 N–H and O–H groups in total. The van der Waals surface area contributed by atoms with Crippen molar-refractivity contribution in [3.05, 3.63) is 89.2 Å². The third-order valence-corrected chi connectivity index (χ3v) is 6.12. The van der Waals surface area contributed by atoms with Crippen LogP contribution in [-0.4, -0.2) is 13.2 Å². The molecule has 0 saturated carbocycles. The quantitative estimate of drug-likeness (QED) is 0.479. The van der Waals surface area contributed by atoms with Crippen LogP contribution in [-0.2, 0) is 17.8 Å². The standard InChI is InChI=1S/C24H20FNO2S/c1-27-22-11-10-18(12-21(22)25)17-8-6-16(7-9-17)14-28-23-13-19-4-2-3-5-20(19)24(23)29-15-26/h2-12,23-24H,13-14H2,1H3/t23-,24+/m1/s1. The van der Waals surface area contributed by atoms with Gasteiger partial charge in [0.15, 0.2) is 11.6 Å². The number of fused-ring (bicyclic) bond motifs is 1. The fourth-order valence-electron chi connectivity index (χ4n) is 3.71. The lowest BCUT2D eigenvalue weighted by Gasteiger charge is -2.18. The molecule has 0 aromatic heterocycles. The molecular formula is C24H20FNO2S. The summed E-state index contributed by atoms with van der Waals surface area (Å²) in [5.74, 6) is -0.139. The van der Waals surface area contributed by atoms with Gasteiger partial charge in [0.2, 0.25) is 0 Å². The minimum atomic E-state index is -0.376. The number of rotatable bonds is 6. The highest BCUT2D eigenvalue weighted by atomic mass is 32.2. The van der Waals surface area contributed by atoms with Crippen LogP contribution in [0.5, 0.6) is 5.75 Å². The van der Waals surface area contributed by atoms with Gasteiger partial charge in [-0.25, -0.2) is 4.39 Å². The van der Waals surface area contributed by atoms with Gasteiger partial charge in [0.25, 0.3) is 0 Å². The monoisotopic (exact) mass is 405 g/mol. The van der Waals surface area contributed by atoms with Gasteiger partial charge in [-0.1, -0.05) is 54.6 Å². The molecule has 3 aromatic carbocycles. The summed E-state index contributed by atoms with van der Waals surface area (Å²) in [6, 6.07) is 21.1. The predicted molar refractivity (Wildman–Crippen MR) is 113 cm³/mol. The van der Waals surface area contributed by atoms with Crippen LogP contribution in [0, 0.1) is 16.5 Å². The second-order valence-electron chi connectivity index (χ2n) is 6.93. The summed E-state index contributed by atoms with van der Waals surface area (Å²) < 4.78 is 25.1. The fraction of sp³-hybridized carbons (Fsp3) is 0.208. The highest BCUT2D eigenvalue weighted by Gasteiger charge is 2.33. The zero-order valence-corrected chi connectivity index (χ0v) is 16.8. The first-order valence-corrected chi connectivity index (χ1v) is 10.2. The lowest BCUT2D eigenvalue weighted by molar-refractivity contribution is 0.0462. The minimum absolute atomic E-state index is 0.0209. The van der Waals surface area contributed by atoms with Crippen molar-refractivity contribution in [3.63, 3.8) is 0 Å². The van der Waals surface area contributed by atoms with E-state index in [2.05, 4.69) is 17.5 Å². The lowest BCUT2D eigenvalue weighted by atomic mass is 10.0. The Morgan fingerprint density at radius 1 is 1.07 bits per heavy atom. The van der Waals surface area contributed by atoms with E-state index in [1.165, 1.54) is 36.1 Å². The zero-order valence-electron chi connectivity index (χ0n) is 16.0. The molecule has 0 unspecified atom stereocenters. The topological polar surface area (TPSA) is 42.2 Å². The number of nitrogens with zero attached hydrogens (tertiary/aromatic N) is 1. The van der Waals surface area contributed by atoms with Crippen molar-refractivity contribution in [2.24, 2.45) is 0 Å². The molecule has 3 nitrogen and oxygen atoms in total. The predicted octanol–water partition coefficient (Wildman–Crippen LogP) is 5.90. The molecule has 0 spiro atoms. The van der Waals surface area contributed by atoms with E-state index in [1.807, 2.05) is 42.5 Å². The molecule has 1 aliphatic rings. The minimum Gasteiger partial charge on any atom is -0.494 e. The van der Waals surface area contributed by atoms with Crippen LogP contribution in [0.15, 0.2) is 66.7 Å². The fourth-order valence-corrected chi connectivity index (χ4v) is 4.50. The first kappa shape index (κ1) is 19.5. The van der Waals surface area contributed by atoms with Crippen molar-refractivity contribution in [2.75, 3.05) is 7.11 Å². The largest absolute Gasteiger partial charge is 0.494 e. The number of nitriles is 1. The molecule has 146 valence electrons. The number of benzene rings is 3. The maximum absolute atomic E-state index is 14.0. The van der Waals surface area contributed by atoms with Gasteiger partial charge in [-0.2, -0.15) is 5.26 Å². The zero-order chi connectivity index (χ0) is 20.2. The van der Waals surface area contributed by atoms with Gasteiger partial charge in [0, 0.05) is 6.42 Å². The van der Waals surface area contributed by atoms with Gasteiger partial charge in [-0.3, -0.25) is 0 Å². The van der Waals surface area contributed by atoms with Crippen LogP contribution in [0.2, 0.25) is 0 Å². The Labute approximate surface area is 174 Å². The Balaban J connectivity index is 1.43. The number of thiocyanates is 1. The number of thioether (sulfide) groups is 1. The average Bonchev–Trinajstić information content (AvgIpc) is 3.10. The van der Waals surface area contributed by atoms with E-state index >= 15 is 0 Å². The molecular weight excluding hydrogens is 385 g/mol. The van der Waals surface area contributed by atoms with E-state index in [-0.39, 0.29) is 22.9 Å². The van der Waals surface area contributed by atoms with Crippen molar-refractivity contribution in [3.8, 4) is 22.3 Å². The van der Waals surface area contributed by atoms with Gasteiger partial charge in [-0.15, -0.1) is 0 Å². The average molecular weight is 405 g/mol. The number of hydrogen-bond donors (Lipinski definition) is 0. The Morgan fingerprint density at radius 2 is 1.83 bits per heavy atom. The Hall–Kier alpha value is -2.81. The Morgan fingerprint density at radius 3 is 2.55 bits per heavy atom. The molecule has 0 heterocycles. The van der Waals surface area contributed by atoms with Crippen LogP contribution >= 0.6 is 11.8 Å². The van der Waals surface area contributed by atoms with Crippen molar-refractivity contribution in [1.82, 2.24) is 0 Å². The summed E-state index contributed by atoms with van der Waals surface area (Å²) >= 11 is 1.26. The number of halogens is 1. The first-order valence-electron chi connectivity index (χ1n) is 9.36. The van der Waals surface area contributed by atoms with Crippen molar-refractivity contribution in [2.45, 2.75) is 24.4 Å². The summed E-state index contributed by atoms with van der Waals surface area (Å²) in [6.45, 7) is 0.471. The highest BCUT2D eigenvalue weighted by molar-refractivity contribution is 8.04. The smallest absolute Gasteiger partial charge is 0.165 e. The Bertz CT molecular complexity index is 1050. The van der Waals surface area contributed by atoms with E-state index in [1.54, 1.807) is 6.07 Å². The molecule has 0 amide bonds. The molecule has 2 atom stereocenters. The van der Waals surface area contributed by atoms with E-state index in [0.29, 0.717) is 6.61 Å². The second-order valence-corrected chi connectivity index (χ2v) is 7.85. The normalized spacial score (nSPS) is 17.6.